The summed E-state index contributed by atoms with van der Waals surface area (Å²) < 4.78 is 0. The first-order valence-corrected chi connectivity index (χ1v) is 13.0. The van der Waals surface area contributed by atoms with Crippen LogP contribution in [0.3, 0.4) is 0 Å². The number of para-hydroxylation sites is 1. The van der Waals surface area contributed by atoms with Gasteiger partial charge in [-0.15, -0.1) is 0 Å². The molecule has 196 valence electrons. The van der Waals surface area contributed by atoms with E-state index >= 15 is 0 Å². The van der Waals surface area contributed by atoms with E-state index in [1.54, 1.807) is 12.1 Å². The zero-order valence-electron chi connectivity index (χ0n) is 22.4. The predicted molar refractivity (Wildman–Crippen MR) is 152 cm³/mol. The van der Waals surface area contributed by atoms with Crippen molar-refractivity contribution in [3.05, 3.63) is 78.1 Å². The summed E-state index contributed by atoms with van der Waals surface area (Å²) in [7, 11) is 7.93. The van der Waals surface area contributed by atoms with Gasteiger partial charge in [0.25, 0.3) is 0 Å². The summed E-state index contributed by atoms with van der Waals surface area (Å²) in [5, 5.41) is 13.1. The molecule has 7 heteroatoms. The van der Waals surface area contributed by atoms with Crippen LogP contribution in [-0.4, -0.2) is 55.8 Å². The van der Waals surface area contributed by atoms with E-state index in [2.05, 4.69) is 11.4 Å². The van der Waals surface area contributed by atoms with Gasteiger partial charge in [-0.2, -0.15) is 0 Å². The lowest BCUT2D eigenvalue weighted by Gasteiger charge is -2.41. The summed E-state index contributed by atoms with van der Waals surface area (Å²) in [6.45, 7) is 1.00. The van der Waals surface area contributed by atoms with E-state index in [1.165, 1.54) is 6.42 Å². The monoisotopic (exact) mass is 501 g/mol. The molecule has 0 radical (unpaired) electrons. The van der Waals surface area contributed by atoms with Crippen molar-refractivity contribution >= 4 is 23.1 Å². The molecule has 1 aliphatic carbocycles. The van der Waals surface area contributed by atoms with Crippen LogP contribution in [0.1, 0.15) is 43.4 Å². The second-order valence-electron chi connectivity index (χ2n) is 10.5. The minimum Gasteiger partial charge on any atom is -0.508 e. The van der Waals surface area contributed by atoms with E-state index < -0.39 is 0 Å². The first-order valence-electron chi connectivity index (χ1n) is 13.0. The molecule has 0 bridgehead atoms. The molecule has 0 aliphatic heterocycles. The van der Waals surface area contributed by atoms with Crippen LogP contribution in [0.25, 0.3) is 0 Å². The molecule has 1 heterocycles. The number of aromatic nitrogens is 1. The minimum absolute atomic E-state index is 0.147. The molecule has 7 nitrogen and oxygen atoms in total. The molecule has 1 fully saturated rings. The number of nitrogens with one attached hydrogen (secondary N) is 1. The molecular weight excluding hydrogens is 462 g/mol. The third-order valence-electron chi connectivity index (χ3n) is 7.33. The maximum Gasteiger partial charge on any atom is 0.322 e. The van der Waals surface area contributed by atoms with Crippen LogP contribution in [0.4, 0.5) is 21.9 Å². The lowest BCUT2D eigenvalue weighted by molar-refractivity contribution is 0.167. The van der Waals surface area contributed by atoms with Gasteiger partial charge >= 0.3 is 6.03 Å². The molecule has 3 aromatic rings. The molecule has 2 N–H and O–H groups in total. The van der Waals surface area contributed by atoms with Crippen LogP contribution in [0.15, 0.2) is 66.9 Å². The summed E-state index contributed by atoms with van der Waals surface area (Å²) in [5.74, 6) is 0.215. The Balaban J connectivity index is 1.71. The lowest BCUT2D eigenvalue weighted by atomic mass is 9.71. The fourth-order valence-corrected chi connectivity index (χ4v) is 5.37. The molecule has 1 aliphatic rings. The van der Waals surface area contributed by atoms with Crippen molar-refractivity contribution in [3.63, 3.8) is 0 Å². The van der Waals surface area contributed by atoms with E-state index in [4.69, 9.17) is 4.98 Å². The SMILES string of the molecule is CN(C)c1cccc(N(C)C)c1NC(=O)N(Cc1ccc(O)cc1)CC1(c2ccccn2)CCCCC1. The Morgan fingerprint density at radius 1 is 0.892 bits per heavy atom. The smallest absolute Gasteiger partial charge is 0.322 e. The number of pyridine rings is 1. The van der Waals surface area contributed by atoms with Gasteiger partial charge in [-0.3, -0.25) is 4.98 Å². The molecule has 37 heavy (non-hydrogen) atoms. The zero-order valence-corrected chi connectivity index (χ0v) is 22.4. The van der Waals surface area contributed by atoms with Crippen molar-refractivity contribution in [2.45, 2.75) is 44.1 Å². The van der Waals surface area contributed by atoms with Crippen LogP contribution in [0, 0.1) is 0 Å². The summed E-state index contributed by atoms with van der Waals surface area (Å²) in [6, 6.07) is 19.1. The number of nitrogens with zero attached hydrogens (tertiary/aromatic N) is 4. The Labute approximate surface area is 220 Å². The molecular formula is C30H39N5O2. The predicted octanol–water partition coefficient (Wildman–Crippen LogP) is 5.86. The van der Waals surface area contributed by atoms with Crippen molar-refractivity contribution in [1.29, 1.82) is 0 Å². The van der Waals surface area contributed by atoms with Gasteiger partial charge in [0.1, 0.15) is 5.75 Å². The van der Waals surface area contributed by atoms with E-state index in [0.29, 0.717) is 13.1 Å². The van der Waals surface area contributed by atoms with Crippen LogP contribution in [0.2, 0.25) is 0 Å². The maximum atomic E-state index is 14.1. The molecule has 0 atom stereocenters. The van der Waals surface area contributed by atoms with Crippen molar-refractivity contribution in [2.75, 3.05) is 49.9 Å². The van der Waals surface area contributed by atoms with Crippen LogP contribution >= 0.6 is 0 Å². The number of phenolic OH excluding ortho intramolecular Hbond substituents is 1. The topological polar surface area (TPSA) is 71.9 Å². The number of urea groups is 1. The number of hydrogen-bond donors (Lipinski definition) is 2. The summed E-state index contributed by atoms with van der Waals surface area (Å²) in [4.78, 5) is 24.8. The number of aromatic hydroxyl groups is 1. The van der Waals surface area contributed by atoms with Gasteiger partial charge in [-0.05, 0) is 54.8 Å². The zero-order chi connectivity index (χ0) is 26.4. The lowest BCUT2D eigenvalue weighted by Crippen LogP contribution is -2.46. The highest BCUT2D eigenvalue weighted by atomic mass is 16.3. The number of benzene rings is 2. The van der Waals surface area contributed by atoms with Crippen LogP contribution < -0.4 is 15.1 Å². The molecule has 4 rings (SSSR count). The standard InChI is InChI=1S/C30H39N5O2/c1-33(2)25-11-10-12-26(34(3)4)28(25)32-29(37)35(21-23-14-16-24(36)17-15-23)22-30(18-7-5-8-19-30)27-13-6-9-20-31-27/h6,9-17,20,36H,5,7-8,18-19,21-22H2,1-4H3,(H,32,37). The Hall–Kier alpha value is -3.74. The van der Waals surface area contributed by atoms with Gasteiger partial charge in [-0.1, -0.05) is 43.5 Å². The molecule has 2 amide bonds. The van der Waals surface area contributed by atoms with E-state index in [-0.39, 0.29) is 17.2 Å². The van der Waals surface area contributed by atoms with E-state index in [0.717, 1.165) is 54.0 Å². The Morgan fingerprint density at radius 2 is 1.54 bits per heavy atom. The summed E-state index contributed by atoms with van der Waals surface area (Å²) in [5.41, 5.74) is 4.50. The van der Waals surface area contributed by atoms with Crippen LogP contribution in [-0.2, 0) is 12.0 Å². The third kappa shape index (κ3) is 6.16. The average molecular weight is 502 g/mol. The van der Waals surface area contributed by atoms with Gasteiger partial charge in [0.15, 0.2) is 0 Å². The van der Waals surface area contributed by atoms with Crippen molar-refractivity contribution in [2.24, 2.45) is 0 Å². The largest absolute Gasteiger partial charge is 0.508 e. The number of rotatable bonds is 8. The van der Waals surface area contributed by atoms with E-state index in [1.807, 2.05) is 91.6 Å². The number of carbonyl (C=O) groups excluding carboxylic acids is 1. The molecule has 0 spiro atoms. The Morgan fingerprint density at radius 3 is 2.11 bits per heavy atom. The second kappa shape index (κ2) is 11.5. The number of carbonyl (C=O) groups is 1. The van der Waals surface area contributed by atoms with Gasteiger partial charge < -0.3 is 25.1 Å². The molecule has 0 saturated heterocycles. The normalized spacial score (nSPS) is 14.6. The molecule has 1 saturated carbocycles. The Bertz CT molecular complexity index is 1150. The van der Waals surface area contributed by atoms with Crippen molar-refractivity contribution < 1.29 is 9.90 Å². The first-order chi connectivity index (χ1) is 17.8. The van der Waals surface area contributed by atoms with E-state index in [9.17, 15) is 9.90 Å². The summed E-state index contributed by atoms with van der Waals surface area (Å²) >= 11 is 0. The highest BCUT2D eigenvalue weighted by Gasteiger charge is 2.38. The summed E-state index contributed by atoms with van der Waals surface area (Å²) in [6.07, 6.45) is 7.31. The van der Waals surface area contributed by atoms with Crippen molar-refractivity contribution in [3.8, 4) is 5.75 Å². The molecule has 0 unspecified atom stereocenters. The average Bonchev–Trinajstić information content (AvgIpc) is 2.90. The third-order valence-corrected chi connectivity index (χ3v) is 7.33. The van der Waals surface area contributed by atoms with Gasteiger partial charge in [0.05, 0.1) is 17.1 Å². The molecule has 1 aromatic heterocycles. The number of hydrogen-bond acceptors (Lipinski definition) is 5. The molecule has 2 aromatic carbocycles. The minimum atomic E-state index is -0.195. The fraction of sp³-hybridized carbons (Fsp3) is 0.400. The highest BCUT2D eigenvalue weighted by Crippen LogP contribution is 2.40. The number of phenols is 1. The van der Waals surface area contributed by atoms with Gasteiger partial charge in [0.2, 0.25) is 0 Å². The Kier molecular flexibility index (Phi) is 8.21. The van der Waals surface area contributed by atoms with Gasteiger partial charge in [-0.25, -0.2) is 4.79 Å². The maximum absolute atomic E-state index is 14.1. The van der Waals surface area contributed by atoms with Crippen LogP contribution in [0.5, 0.6) is 5.75 Å². The first kappa shape index (κ1) is 26.3. The fourth-order valence-electron chi connectivity index (χ4n) is 5.37. The number of amides is 2. The van der Waals surface area contributed by atoms with Gasteiger partial charge in [0, 0.05) is 58.6 Å². The second-order valence-corrected chi connectivity index (χ2v) is 10.5. The van der Waals surface area contributed by atoms with Crippen molar-refractivity contribution in [1.82, 2.24) is 9.88 Å². The quantitative estimate of drug-likeness (QED) is 0.405. The number of anilines is 3. The highest BCUT2D eigenvalue weighted by molar-refractivity contribution is 5.98.